The molecule has 28 heavy (non-hydrogen) atoms. The summed E-state index contributed by atoms with van der Waals surface area (Å²) in [5.74, 6) is 0.388. The van der Waals surface area contributed by atoms with E-state index in [0.29, 0.717) is 11.1 Å². The molecular weight excluding hydrogens is 344 g/mol. The highest BCUT2D eigenvalue weighted by Crippen LogP contribution is 2.44. The van der Waals surface area contributed by atoms with Crippen LogP contribution < -0.4 is 0 Å². The minimum absolute atomic E-state index is 0.194. The van der Waals surface area contributed by atoms with Gasteiger partial charge in [0.1, 0.15) is 11.5 Å². The molecule has 0 aliphatic rings. The second-order valence-corrected chi connectivity index (χ2v) is 8.16. The largest absolute Gasteiger partial charge is 0.507 e. The van der Waals surface area contributed by atoms with Gasteiger partial charge in [0.15, 0.2) is 0 Å². The molecule has 2 heteroatoms. The van der Waals surface area contributed by atoms with Crippen molar-refractivity contribution in [2.24, 2.45) is 0 Å². The third-order valence-corrected chi connectivity index (χ3v) is 6.37. The van der Waals surface area contributed by atoms with Crippen molar-refractivity contribution in [3.8, 4) is 33.8 Å². The molecule has 0 aliphatic carbocycles. The maximum atomic E-state index is 10.9. The van der Waals surface area contributed by atoms with E-state index in [1.165, 1.54) is 22.3 Å². The van der Waals surface area contributed by atoms with Gasteiger partial charge in [0, 0.05) is 11.1 Å². The van der Waals surface area contributed by atoms with Gasteiger partial charge in [0.2, 0.25) is 0 Å². The zero-order valence-corrected chi connectivity index (χ0v) is 18.2. The van der Waals surface area contributed by atoms with Crippen molar-refractivity contribution in [3.05, 3.63) is 68.8 Å². The van der Waals surface area contributed by atoms with Crippen LogP contribution in [0.1, 0.15) is 44.5 Å². The molecule has 0 radical (unpaired) electrons. The molecule has 0 bridgehead atoms. The average Bonchev–Trinajstić information content (AvgIpc) is 2.61. The van der Waals surface area contributed by atoms with Crippen molar-refractivity contribution in [1.29, 1.82) is 0 Å². The molecule has 2 N–H and O–H groups in total. The first-order chi connectivity index (χ1) is 13.0. The summed E-state index contributed by atoms with van der Waals surface area (Å²) >= 11 is 0. The lowest BCUT2D eigenvalue weighted by atomic mass is 9.86. The Bertz CT molecular complexity index is 1020. The van der Waals surface area contributed by atoms with Crippen LogP contribution in [0, 0.1) is 55.4 Å². The zero-order chi connectivity index (χ0) is 20.9. The molecule has 0 unspecified atom stereocenters. The van der Waals surface area contributed by atoms with Crippen LogP contribution in [0.3, 0.4) is 0 Å². The van der Waals surface area contributed by atoms with Crippen molar-refractivity contribution < 1.29 is 10.2 Å². The summed E-state index contributed by atoms with van der Waals surface area (Å²) in [5, 5.41) is 21.9. The summed E-state index contributed by atoms with van der Waals surface area (Å²) in [6.07, 6.45) is 0. The molecule has 0 saturated heterocycles. The normalized spacial score (nSPS) is 11.1. The van der Waals surface area contributed by atoms with Crippen LogP contribution >= 0.6 is 0 Å². The van der Waals surface area contributed by atoms with Gasteiger partial charge < -0.3 is 10.2 Å². The molecular formula is C26H30O2. The monoisotopic (exact) mass is 374 g/mol. The summed E-state index contributed by atoms with van der Waals surface area (Å²) in [6, 6.07) is 7.70. The lowest BCUT2D eigenvalue weighted by molar-refractivity contribution is 0.463. The summed E-state index contributed by atoms with van der Waals surface area (Å²) in [7, 11) is 0. The molecule has 0 heterocycles. The van der Waals surface area contributed by atoms with Gasteiger partial charge in [-0.25, -0.2) is 0 Å². The van der Waals surface area contributed by atoms with E-state index in [4.69, 9.17) is 0 Å². The van der Waals surface area contributed by atoms with Crippen molar-refractivity contribution in [1.82, 2.24) is 0 Å². The molecule has 2 nitrogen and oxygen atoms in total. The fourth-order valence-electron chi connectivity index (χ4n) is 4.37. The Morgan fingerprint density at radius 2 is 0.750 bits per heavy atom. The van der Waals surface area contributed by atoms with Gasteiger partial charge in [-0.3, -0.25) is 0 Å². The molecule has 0 aliphatic heterocycles. The van der Waals surface area contributed by atoms with Crippen LogP contribution in [0.15, 0.2) is 24.3 Å². The number of hydrogen-bond acceptors (Lipinski definition) is 2. The highest BCUT2D eigenvalue weighted by molar-refractivity contribution is 5.86. The van der Waals surface area contributed by atoms with Crippen molar-refractivity contribution in [2.45, 2.75) is 55.4 Å². The highest BCUT2D eigenvalue weighted by Gasteiger charge is 2.19. The highest BCUT2D eigenvalue weighted by atomic mass is 16.3. The van der Waals surface area contributed by atoms with Gasteiger partial charge in [-0.15, -0.1) is 0 Å². The number of phenolic OH excluding ortho intramolecular Hbond substituents is 2. The smallest absolute Gasteiger partial charge is 0.124 e. The first-order valence-corrected chi connectivity index (χ1v) is 9.76. The predicted octanol–water partition coefficient (Wildman–Crippen LogP) is 6.90. The van der Waals surface area contributed by atoms with E-state index in [1.54, 1.807) is 12.1 Å². The molecule has 0 saturated carbocycles. The SMILES string of the molecule is Cc1cc(C)c(-c2cc(O)c(-c3c(C)cc(C)c(C)c3C)cc2O)c(C)c1C. The third kappa shape index (κ3) is 3.07. The van der Waals surface area contributed by atoms with Gasteiger partial charge in [-0.05, 0) is 123 Å². The van der Waals surface area contributed by atoms with Gasteiger partial charge in [-0.1, -0.05) is 12.1 Å². The molecule has 3 aromatic carbocycles. The Kier molecular flexibility index (Phi) is 5.01. The van der Waals surface area contributed by atoms with Gasteiger partial charge in [0.25, 0.3) is 0 Å². The second-order valence-electron chi connectivity index (χ2n) is 8.16. The van der Waals surface area contributed by atoms with Crippen molar-refractivity contribution in [3.63, 3.8) is 0 Å². The van der Waals surface area contributed by atoms with E-state index >= 15 is 0 Å². The minimum Gasteiger partial charge on any atom is -0.507 e. The quantitative estimate of drug-likeness (QED) is 0.479. The van der Waals surface area contributed by atoms with E-state index in [0.717, 1.165) is 33.4 Å². The van der Waals surface area contributed by atoms with Crippen molar-refractivity contribution in [2.75, 3.05) is 0 Å². The van der Waals surface area contributed by atoms with Crippen LogP contribution in [0.4, 0.5) is 0 Å². The predicted molar refractivity (Wildman–Crippen MR) is 119 cm³/mol. The lowest BCUT2D eigenvalue weighted by Crippen LogP contribution is -1.97. The number of aryl methyl sites for hydroxylation is 4. The molecule has 0 atom stereocenters. The second kappa shape index (κ2) is 7.01. The van der Waals surface area contributed by atoms with Crippen LogP contribution in [0.25, 0.3) is 22.3 Å². The molecule has 0 amide bonds. The minimum atomic E-state index is 0.194. The van der Waals surface area contributed by atoms with E-state index in [9.17, 15) is 10.2 Å². The van der Waals surface area contributed by atoms with Crippen LogP contribution in [-0.4, -0.2) is 10.2 Å². The summed E-state index contributed by atoms with van der Waals surface area (Å²) < 4.78 is 0. The topological polar surface area (TPSA) is 40.5 Å². The zero-order valence-electron chi connectivity index (χ0n) is 18.2. The van der Waals surface area contributed by atoms with Crippen molar-refractivity contribution >= 4 is 0 Å². The van der Waals surface area contributed by atoms with E-state index in [-0.39, 0.29) is 11.5 Å². The molecule has 0 spiro atoms. The van der Waals surface area contributed by atoms with E-state index < -0.39 is 0 Å². The van der Waals surface area contributed by atoms with E-state index in [1.807, 2.05) is 0 Å². The Hall–Kier alpha value is -2.74. The van der Waals surface area contributed by atoms with Crippen LogP contribution in [0.2, 0.25) is 0 Å². The molecule has 0 fully saturated rings. The summed E-state index contributed by atoms with van der Waals surface area (Å²) in [4.78, 5) is 0. The molecule has 146 valence electrons. The number of benzene rings is 3. The number of hydrogen-bond donors (Lipinski definition) is 2. The van der Waals surface area contributed by atoms with Gasteiger partial charge >= 0.3 is 0 Å². The first-order valence-electron chi connectivity index (χ1n) is 9.76. The number of phenols is 2. The lowest BCUT2D eigenvalue weighted by Gasteiger charge is -2.20. The molecule has 3 rings (SSSR count). The van der Waals surface area contributed by atoms with Crippen LogP contribution in [0.5, 0.6) is 11.5 Å². The Balaban J connectivity index is 2.28. The Labute approximate surface area is 168 Å². The number of rotatable bonds is 2. The fraction of sp³-hybridized carbons (Fsp3) is 0.308. The summed E-state index contributed by atoms with van der Waals surface area (Å²) in [6.45, 7) is 16.7. The number of aromatic hydroxyl groups is 2. The fourth-order valence-corrected chi connectivity index (χ4v) is 4.37. The van der Waals surface area contributed by atoms with Crippen LogP contribution in [-0.2, 0) is 0 Å². The van der Waals surface area contributed by atoms with Gasteiger partial charge in [0.05, 0.1) is 0 Å². The maximum absolute atomic E-state index is 10.9. The Morgan fingerprint density at radius 1 is 0.429 bits per heavy atom. The third-order valence-electron chi connectivity index (χ3n) is 6.37. The molecule has 3 aromatic rings. The average molecular weight is 375 g/mol. The summed E-state index contributed by atoms with van der Waals surface area (Å²) in [5.41, 5.74) is 12.7. The van der Waals surface area contributed by atoms with Gasteiger partial charge in [-0.2, -0.15) is 0 Å². The Morgan fingerprint density at radius 3 is 1.07 bits per heavy atom. The standard InChI is InChI=1S/C26H30O2/c1-13-9-15(3)25(19(7)17(13)5)21-11-24(28)22(12-23(21)27)26-16(4)10-14(2)18(6)20(26)8/h9-12,27-28H,1-8H3. The molecule has 0 aromatic heterocycles. The maximum Gasteiger partial charge on any atom is 0.124 e. The van der Waals surface area contributed by atoms with E-state index in [2.05, 4.69) is 67.5 Å². The first kappa shape index (κ1) is 20.0.